The Labute approximate surface area is 108 Å². The van der Waals surface area contributed by atoms with Crippen LogP contribution in [0.3, 0.4) is 0 Å². The lowest BCUT2D eigenvalue weighted by Gasteiger charge is -1.96. The predicted molar refractivity (Wildman–Crippen MR) is 69.7 cm³/mol. The van der Waals surface area contributed by atoms with Gasteiger partial charge in [-0.25, -0.2) is 4.98 Å². The van der Waals surface area contributed by atoms with Crippen LogP contribution in [0.15, 0.2) is 0 Å². The van der Waals surface area contributed by atoms with Crippen LogP contribution in [0.1, 0.15) is 30.5 Å². The number of thiazole rings is 1. The van der Waals surface area contributed by atoms with Crippen molar-refractivity contribution < 1.29 is 4.74 Å². The fraction of sp³-hybridized carbons (Fsp3) is 0.500. The van der Waals surface area contributed by atoms with Gasteiger partial charge in [0.1, 0.15) is 0 Å². The predicted octanol–water partition coefficient (Wildman–Crippen LogP) is 2.86. The average Bonchev–Trinajstić information content (AvgIpc) is 2.85. The lowest BCUT2D eigenvalue weighted by atomic mass is 10.2. The molecule has 0 saturated heterocycles. The van der Waals surface area contributed by atoms with Crippen LogP contribution in [0.5, 0.6) is 0 Å². The van der Waals surface area contributed by atoms with Gasteiger partial charge in [0.2, 0.25) is 4.77 Å². The Morgan fingerprint density at radius 1 is 1.35 bits per heavy atom. The first kappa shape index (κ1) is 12.4. The van der Waals surface area contributed by atoms with Gasteiger partial charge >= 0.3 is 0 Å². The fourth-order valence-corrected chi connectivity index (χ4v) is 2.57. The van der Waals surface area contributed by atoms with Gasteiger partial charge in [0.15, 0.2) is 5.82 Å². The summed E-state index contributed by atoms with van der Waals surface area (Å²) in [6, 6.07) is 0. The van der Waals surface area contributed by atoms with E-state index in [0.29, 0.717) is 17.3 Å². The fourth-order valence-electron chi connectivity index (χ4n) is 1.41. The van der Waals surface area contributed by atoms with Gasteiger partial charge in [-0.05, 0) is 12.2 Å². The zero-order chi connectivity index (χ0) is 12.4. The number of nitrogens with zero attached hydrogens (tertiary/aromatic N) is 2. The maximum absolute atomic E-state index is 5.16. The third-order valence-electron chi connectivity index (χ3n) is 2.21. The van der Waals surface area contributed by atoms with E-state index in [4.69, 9.17) is 17.0 Å². The third kappa shape index (κ3) is 2.62. The van der Waals surface area contributed by atoms with E-state index in [1.165, 1.54) is 0 Å². The van der Waals surface area contributed by atoms with E-state index in [1.54, 1.807) is 18.4 Å². The Morgan fingerprint density at radius 2 is 2.12 bits per heavy atom. The highest BCUT2D eigenvalue weighted by Gasteiger charge is 2.16. The van der Waals surface area contributed by atoms with Crippen molar-refractivity contribution in [3.05, 3.63) is 15.5 Å². The van der Waals surface area contributed by atoms with Crippen molar-refractivity contribution in [1.82, 2.24) is 20.2 Å². The number of hydrogen-bond donors (Lipinski definition) is 2. The molecule has 2 aromatic rings. The van der Waals surface area contributed by atoms with Crippen LogP contribution in [0.4, 0.5) is 0 Å². The molecular formula is C10H14N4OS2. The normalized spacial score (nSPS) is 11.3. The second kappa shape index (κ2) is 5.07. The number of ether oxygens (including phenoxy) is 1. The Balaban J connectivity index is 2.47. The van der Waals surface area contributed by atoms with Crippen molar-refractivity contribution in [2.24, 2.45) is 0 Å². The molecule has 0 atom stereocenters. The smallest absolute Gasteiger partial charge is 0.213 e. The monoisotopic (exact) mass is 270 g/mol. The van der Waals surface area contributed by atoms with Crippen LogP contribution in [-0.2, 0) is 11.3 Å². The number of aromatic nitrogens is 4. The summed E-state index contributed by atoms with van der Waals surface area (Å²) in [7, 11) is 1.66. The molecule has 0 bridgehead atoms. The quantitative estimate of drug-likeness (QED) is 0.838. The zero-order valence-electron chi connectivity index (χ0n) is 9.90. The van der Waals surface area contributed by atoms with Gasteiger partial charge in [-0.1, -0.05) is 13.8 Å². The van der Waals surface area contributed by atoms with Crippen molar-refractivity contribution in [2.45, 2.75) is 26.4 Å². The van der Waals surface area contributed by atoms with Gasteiger partial charge in [0, 0.05) is 13.0 Å². The first-order chi connectivity index (χ1) is 8.11. The number of aromatic amines is 2. The molecule has 5 nitrogen and oxygen atoms in total. The number of rotatable bonds is 4. The molecule has 2 N–H and O–H groups in total. The van der Waals surface area contributed by atoms with Crippen molar-refractivity contribution in [3.8, 4) is 10.7 Å². The SMILES string of the molecule is COCc1nc(C(C)C)sc1-c1nc(=S)[nH][nH]1. The van der Waals surface area contributed by atoms with Crippen LogP contribution in [0, 0.1) is 4.77 Å². The standard InChI is InChI=1S/C10H14N4OS2/c1-5(2)9-11-6(4-15-3)7(17-9)8-12-10(16)14-13-8/h5H,4H2,1-3H3,(H2,12,13,14,16). The van der Waals surface area contributed by atoms with E-state index in [-0.39, 0.29) is 0 Å². The summed E-state index contributed by atoms with van der Waals surface area (Å²) >= 11 is 6.58. The molecule has 0 radical (unpaired) electrons. The molecule has 2 rings (SSSR count). The van der Waals surface area contributed by atoms with Gasteiger partial charge in [-0.15, -0.1) is 11.3 Å². The summed E-state index contributed by atoms with van der Waals surface area (Å²) in [6.07, 6.45) is 0. The van der Waals surface area contributed by atoms with Crippen molar-refractivity contribution in [3.63, 3.8) is 0 Å². The first-order valence-corrected chi connectivity index (χ1v) is 6.48. The van der Waals surface area contributed by atoms with E-state index in [9.17, 15) is 0 Å². The molecule has 0 aliphatic heterocycles. The summed E-state index contributed by atoms with van der Waals surface area (Å²) in [5.74, 6) is 1.12. The highest BCUT2D eigenvalue weighted by atomic mass is 32.1. The summed E-state index contributed by atoms with van der Waals surface area (Å²) < 4.78 is 5.60. The van der Waals surface area contributed by atoms with Crippen LogP contribution in [0.25, 0.3) is 10.7 Å². The molecule has 2 heterocycles. The van der Waals surface area contributed by atoms with Crippen molar-refractivity contribution in [2.75, 3.05) is 7.11 Å². The number of H-pyrrole nitrogens is 2. The van der Waals surface area contributed by atoms with E-state index < -0.39 is 0 Å². The topological polar surface area (TPSA) is 66.6 Å². The van der Waals surface area contributed by atoms with Crippen molar-refractivity contribution in [1.29, 1.82) is 0 Å². The van der Waals surface area contributed by atoms with Crippen LogP contribution in [0.2, 0.25) is 0 Å². The maximum atomic E-state index is 5.16. The van der Waals surface area contributed by atoms with E-state index in [0.717, 1.165) is 21.4 Å². The minimum atomic E-state index is 0.395. The molecule has 7 heteroatoms. The molecule has 2 aromatic heterocycles. The van der Waals surface area contributed by atoms with E-state index in [1.807, 2.05) is 0 Å². The summed E-state index contributed by atoms with van der Waals surface area (Å²) in [5, 5.41) is 6.82. The zero-order valence-corrected chi connectivity index (χ0v) is 11.5. The lowest BCUT2D eigenvalue weighted by molar-refractivity contribution is 0.182. The summed E-state index contributed by atoms with van der Waals surface area (Å²) in [6.45, 7) is 4.71. The molecule has 0 aromatic carbocycles. The molecule has 0 unspecified atom stereocenters. The highest BCUT2D eigenvalue weighted by Crippen LogP contribution is 2.31. The van der Waals surface area contributed by atoms with E-state index >= 15 is 0 Å². The van der Waals surface area contributed by atoms with Crippen LogP contribution >= 0.6 is 23.6 Å². The summed E-state index contributed by atoms with van der Waals surface area (Å²) in [5.41, 5.74) is 0.902. The molecule has 0 fully saturated rings. The molecule has 92 valence electrons. The summed E-state index contributed by atoms with van der Waals surface area (Å²) in [4.78, 5) is 9.77. The second-order valence-corrected chi connectivity index (χ2v) is 5.35. The Hall–Kier alpha value is -1.05. The molecule has 0 amide bonds. The molecule has 17 heavy (non-hydrogen) atoms. The Morgan fingerprint density at radius 3 is 2.65 bits per heavy atom. The highest BCUT2D eigenvalue weighted by molar-refractivity contribution is 7.71. The van der Waals surface area contributed by atoms with Gasteiger partial charge in [-0.3, -0.25) is 10.2 Å². The lowest BCUT2D eigenvalue weighted by Crippen LogP contribution is -1.92. The first-order valence-electron chi connectivity index (χ1n) is 5.25. The number of nitrogens with one attached hydrogen (secondary N) is 2. The van der Waals surface area contributed by atoms with Crippen molar-refractivity contribution >= 4 is 23.6 Å². The molecule has 0 saturated carbocycles. The molecule has 0 aliphatic rings. The van der Waals surface area contributed by atoms with Crippen LogP contribution < -0.4 is 0 Å². The minimum Gasteiger partial charge on any atom is -0.378 e. The van der Waals surface area contributed by atoms with Gasteiger partial charge in [0.25, 0.3) is 0 Å². The van der Waals surface area contributed by atoms with Gasteiger partial charge < -0.3 is 4.74 Å². The number of hydrogen-bond acceptors (Lipinski definition) is 5. The maximum Gasteiger partial charge on any atom is 0.213 e. The van der Waals surface area contributed by atoms with Gasteiger partial charge in [0.05, 0.1) is 22.2 Å². The van der Waals surface area contributed by atoms with E-state index in [2.05, 4.69) is 34.0 Å². The Kier molecular flexibility index (Phi) is 3.70. The van der Waals surface area contributed by atoms with Crippen LogP contribution in [-0.4, -0.2) is 27.3 Å². The third-order valence-corrected chi connectivity index (χ3v) is 3.80. The molecular weight excluding hydrogens is 256 g/mol. The largest absolute Gasteiger partial charge is 0.378 e. The molecule has 0 spiro atoms. The number of methoxy groups -OCH3 is 1. The second-order valence-electron chi connectivity index (χ2n) is 3.93. The Bertz CT molecular complexity index is 555. The average molecular weight is 270 g/mol. The van der Waals surface area contributed by atoms with Gasteiger partial charge in [-0.2, -0.15) is 4.98 Å². The minimum absolute atomic E-state index is 0.395. The molecule has 0 aliphatic carbocycles.